The Morgan fingerprint density at radius 2 is 2.04 bits per heavy atom. The molecule has 9 heteroatoms. The van der Waals surface area contributed by atoms with Crippen LogP contribution in [0.2, 0.25) is 0 Å². The van der Waals surface area contributed by atoms with Crippen LogP contribution in [0.5, 0.6) is 0 Å². The number of hydrogen-bond acceptors (Lipinski definition) is 5. The lowest BCUT2D eigenvalue weighted by atomic mass is 9.67. The van der Waals surface area contributed by atoms with E-state index in [2.05, 4.69) is 15.4 Å². The van der Waals surface area contributed by atoms with E-state index in [0.29, 0.717) is 19.1 Å². The van der Waals surface area contributed by atoms with Crippen molar-refractivity contribution in [2.45, 2.75) is 37.1 Å². The highest BCUT2D eigenvalue weighted by Gasteiger charge is 2.49. The van der Waals surface area contributed by atoms with Crippen molar-refractivity contribution in [2.24, 2.45) is 11.3 Å². The first-order valence-electron chi connectivity index (χ1n) is 9.54. The Kier molecular flexibility index (Phi) is 8.27. The molecule has 1 aromatic carbocycles. The number of carbonyl (C=O) groups is 1. The molecule has 0 aromatic heterocycles. The van der Waals surface area contributed by atoms with E-state index in [0.717, 1.165) is 37.9 Å². The van der Waals surface area contributed by atoms with E-state index in [-0.39, 0.29) is 35.2 Å². The van der Waals surface area contributed by atoms with Gasteiger partial charge in [0, 0.05) is 26.7 Å². The maximum absolute atomic E-state index is 12.9. The van der Waals surface area contributed by atoms with Gasteiger partial charge < -0.3 is 15.4 Å². The number of hydrogen-bond donors (Lipinski definition) is 3. The molecule has 2 atom stereocenters. The number of rotatable bonds is 8. The van der Waals surface area contributed by atoms with Crippen molar-refractivity contribution in [3.63, 3.8) is 0 Å². The van der Waals surface area contributed by atoms with Gasteiger partial charge >= 0.3 is 0 Å². The number of nitrogens with one attached hydrogen (secondary N) is 3. The molecular weight excluding hydrogens is 402 g/mol. The number of carbonyl (C=O) groups excluding carboxylic acids is 1. The van der Waals surface area contributed by atoms with Crippen molar-refractivity contribution in [3.8, 4) is 0 Å². The van der Waals surface area contributed by atoms with Crippen molar-refractivity contribution in [3.05, 3.63) is 29.8 Å². The fourth-order valence-corrected chi connectivity index (χ4v) is 5.21. The van der Waals surface area contributed by atoms with Gasteiger partial charge in [0.15, 0.2) is 0 Å². The summed E-state index contributed by atoms with van der Waals surface area (Å²) in [6.07, 6.45) is 4.37. The monoisotopic (exact) mass is 431 g/mol. The average Bonchev–Trinajstić information content (AvgIpc) is 3.12. The SMILES string of the molecule is COCCNS(=O)(=O)c1ccc(CNC(=O)[C@@]23CCCC[C@H]2CNC3)cc1.Cl. The fourth-order valence-electron chi connectivity index (χ4n) is 4.20. The lowest BCUT2D eigenvalue weighted by Gasteiger charge is -2.37. The molecule has 1 amide bonds. The number of methoxy groups -OCH3 is 1. The van der Waals surface area contributed by atoms with Crippen LogP contribution in [-0.2, 0) is 26.1 Å². The number of benzene rings is 1. The van der Waals surface area contributed by atoms with E-state index in [9.17, 15) is 13.2 Å². The second-order valence-electron chi connectivity index (χ2n) is 7.45. The van der Waals surface area contributed by atoms with Gasteiger partial charge in [-0.25, -0.2) is 13.1 Å². The summed E-state index contributed by atoms with van der Waals surface area (Å²) in [4.78, 5) is 13.1. The van der Waals surface area contributed by atoms with Crippen molar-refractivity contribution >= 4 is 28.3 Å². The van der Waals surface area contributed by atoms with Crippen molar-refractivity contribution < 1.29 is 17.9 Å². The maximum Gasteiger partial charge on any atom is 0.240 e. The quantitative estimate of drug-likeness (QED) is 0.541. The summed E-state index contributed by atoms with van der Waals surface area (Å²) in [7, 11) is -2.01. The van der Waals surface area contributed by atoms with Crippen molar-refractivity contribution in [1.29, 1.82) is 0 Å². The normalized spacial score (nSPS) is 24.2. The van der Waals surface area contributed by atoms with Crippen LogP contribution in [0.4, 0.5) is 0 Å². The summed E-state index contributed by atoms with van der Waals surface area (Å²) in [5, 5.41) is 6.46. The van der Waals surface area contributed by atoms with Gasteiger partial charge in [0.25, 0.3) is 0 Å². The van der Waals surface area contributed by atoms with Crippen molar-refractivity contribution in [2.75, 3.05) is 33.4 Å². The Labute approximate surface area is 173 Å². The predicted molar refractivity (Wildman–Crippen MR) is 110 cm³/mol. The first kappa shape index (κ1) is 23.1. The molecule has 0 bridgehead atoms. The van der Waals surface area contributed by atoms with Crippen LogP contribution in [-0.4, -0.2) is 47.7 Å². The van der Waals surface area contributed by atoms with Crippen LogP contribution in [0.1, 0.15) is 31.2 Å². The number of amides is 1. The Morgan fingerprint density at radius 3 is 2.75 bits per heavy atom. The molecular formula is C19H30ClN3O4S. The topological polar surface area (TPSA) is 96.5 Å². The minimum absolute atomic E-state index is 0. The summed E-state index contributed by atoms with van der Waals surface area (Å²) >= 11 is 0. The van der Waals surface area contributed by atoms with Crippen LogP contribution in [0, 0.1) is 11.3 Å². The Morgan fingerprint density at radius 1 is 1.29 bits per heavy atom. The van der Waals surface area contributed by atoms with E-state index in [1.807, 2.05) is 0 Å². The van der Waals surface area contributed by atoms with Crippen LogP contribution < -0.4 is 15.4 Å². The Balaban J connectivity index is 0.00000280. The highest BCUT2D eigenvalue weighted by Crippen LogP contribution is 2.43. The number of sulfonamides is 1. The molecule has 1 heterocycles. The molecule has 158 valence electrons. The molecule has 3 rings (SSSR count). The highest BCUT2D eigenvalue weighted by molar-refractivity contribution is 7.89. The van der Waals surface area contributed by atoms with E-state index >= 15 is 0 Å². The van der Waals surface area contributed by atoms with Gasteiger partial charge in [-0.1, -0.05) is 25.0 Å². The van der Waals surface area contributed by atoms with Crippen molar-refractivity contribution in [1.82, 2.24) is 15.4 Å². The molecule has 1 aliphatic carbocycles. The van der Waals surface area contributed by atoms with Crippen LogP contribution in [0.3, 0.4) is 0 Å². The lowest BCUT2D eigenvalue weighted by molar-refractivity contribution is -0.134. The van der Waals surface area contributed by atoms with Gasteiger partial charge in [-0.15, -0.1) is 12.4 Å². The zero-order valence-electron chi connectivity index (χ0n) is 16.2. The number of ether oxygens (including phenoxy) is 1. The second-order valence-corrected chi connectivity index (χ2v) is 9.21. The molecule has 2 fully saturated rings. The summed E-state index contributed by atoms with van der Waals surface area (Å²) in [5.41, 5.74) is 0.612. The van der Waals surface area contributed by atoms with Gasteiger partial charge in [-0.2, -0.15) is 0 Å². The standard InChI is InChI=1S/C19H29N3O4S.ClH/c1-26-11-10-22-27(24,25)17-7-5-15(6-8-17)12-21-18(23)19-9-3-2-4-16(19)13-20-14-19;/h5-8,16,20,22H,2-4,9-14H2,1H3,(H,21,23);1H/t16-,19+;/m0./s1. The zero-order valence-corrected chi connectivity index (χ0v) is 17.8. The minimum Gasteiger partial charge on any atom is -0.383 e. The van der Waals surface area contributed by atoms with Crippen LogP contribution >= 0.6 is 12.4 Å². The zero-order chi connectivity index (χ0) is 19.3. The van der Waals surface area contributed by atoms with Gasteiger partial charge in [-0.05, 0) is 43.0 Å². The third-order valence-corrected chi connectivity index (χ3v) is 7.25. The lowest BCUT2D eigenvalue weighted by Crippen LogP contribution is -2.47. The van der Waals surface area contributed by atoms with Crippen LogP contribution in [0.15, 0.2) is 29.2 Å². The van der Waals surface area contributed by atoms with Gasteiger partial charge in [0.05, 0.1) is 16.9 Å². The molecule has 1 aromatic rings. The summed E-state index contributed by atoms with van der Waals surface area (Å²) in [5.74, 6) is 0.548. The number of halogens is 1. The highest BCUT2D eigenvalue weighted by atomic mass is 35.5. The maximum atomic E-state index is 12.9. The molecule has 0 unspecified atom stereocenters. The minimum atomic E-state index is -3.54. The van der Waals surface area contributed by atoms with Crippen LogP contribution in [0.25, 0.3) is 0 Å². The van der Waals surface area contributed by atoms with E-state index in [4.69, 9.17) is 4.74 Å². The molecule has 7 nitrogen and oxygen atoms in total. The molecule has 0 radical (unpaired) electrons. The summed E-state index contributed by atoms with van der Waals surface area (Å²) < 4.78 is 31.7. The smallest absolute Gasteiger partial charge is 0.240 e. The second kappa shape index (κ2) is 10.0. The molecule has 2 aliphatic rings. The molecule has 3 N–H and O–H groups in total. The largest absolute Gasteiger partial charge is 0.383 e. The third kappa shape index (κ3) is 5.04. The predicted octanol–water partition coefficient (Wildman–Crippen LogP) is 1.43. The summed E-state index contributed by atoms with van der Waals surface area (Å²) in [6.45, 7) is 2.64. The Hall–Kier alpha value is -1.19. The third-order valence-electron chi connectivity index (χ3n) is 5.78. The molecule has 1 saturated carbocycles. The fraction of sp³-hybridized carbons (Fsp3) is 0.632. The van der Waals surface area contributed by atoms with E-state index in [1.165, 1.54) is 13.5 Å². The van der Waals surface area contributed by atoms with Gasteiger partial charge in [0.2, 0.25) is 15.9 Å². The van der Waals surface area contributed by atoms with E-state index in [1.54, 1.807) is 24.3 Å². The van der Waals surface area contributed by atoms with Gasteiger partial charge in [0.1, 0.15) is 0 Å². The molecule has 1 aliphatic heterocycles. The molecule has 28 heavy (non-hydrogen) atoms. The molecule has 0 spiro atoms. The van der Waals surface area contributed by atoms with E-state index < -0.39 is 10.0 Å². The Bertz CT molecular complexity index is 757. The first-order valence-corrected chi connectivity index (χ1v) is 11.0. The summed E-state index contributed by atoms with van der Waals surface area (Å²) in [6, 6.07) is 6.62. The molecule has 1 saturated heterocycles. The first-order chi connectivity index (χ1) is 13.0. The average molecular weight is 432 g/mol. The van der Waals surface area contributed by atoms with Gasteiger partial charge in [-0.3, -0.25) is 4.79 Å². The number of fused-ring (bicyclic) bond motifs is 1.